The highest BCUT2D eigenvalue weighted by Crippen LogP contribution is 2.38. The van der Waals surface area contributed by atoms with E-state index in [1.807, 2.05) is 30.3 Å². The molecule has 2 rings (SSSR count). The SMILES string of the molecule is O=C(/C=C/C=C/c1cc(O)c(O)cc1C(F)(F)F)NCc1ccccc1. The number of carbonyl (C=O) groups is 1. The Kier molecular flexibility index (Phi) is 6.06. The summed E-state index contributed by atoms with van der Waals surface area (Å²) in [5, 5.41) is 21.3. The van der Waals surface area contributed by atoms with Crippen molar-refractivity contribution in [3.8, 4) is 11.5 Å². The number of rotatable bonds is 5. The van der Waals surface area contributed by atoms with Gasteiger partial charge in [0.1, 0.15) is 0 Å². The van der Waals surface area contributed by atoms with Gasteiger partial charge >= 0.3 is 6.18 Å². The molecular weight excluding hydrogens is 347 g/mol. The van der Waals surface area contributed by atoms with E-state index in [-0.39, 0.29) is 5.56 Å². The predicted octanol–water partition coefficient (Wildman–Crippen LogP) is 4.00. The molecule has 0 saturated carbocycles. The van der Waals surface area contributed by atoms with Crippen LogP contribution in [0, 0.1) is 0 Å². The van der Waals surface area contributed by atoms with E-state index in [9.17, 15) is 28.2 Å². The Morgan fingerprint density at radius 2 is 1.69 bits per heavy atom. The molecule has 1 amide bonds. The van der Waals surface area contributed by atoms with Gasteiger partial charge in [-0.05, 0) is 23.3 Å². The fourth-order valence-electron chi connectivity index (χ4n) is 2.12. The van der Waals surface area contributed by atoms with E-state index in [1.54, 1.807) is 0 Å². The average molecular weight is 363 g/mol. The highest BCUT2D eigenvalue weighted by atomic mass is 19.4. The van der Waals surface area contributed by atoms with Gasteiger partial charge in [-0.3, -0.25) is 4.79 Å². The van der Waals surface area contributed by atoms with Crippen molar-refractivity contribution in [3.05, 3.63) is 77.4 Å². The molecule has 0 fully saturated rings. The standard InChI is InChI=1S/C19H16F3NO3/c20-19(21,22)15-11-17(25)16(24)10-14(15)8-4-5-9-18(26)23-12-13-6-2-1-3-7-13/h1-11,24-25H,12H2,(H,23,26)/b8-4+,9-5+. The molecule has 0 aliphatic carbocycles. The molecular formula is C19H16F3NO3. The molecule has 0 unspecified atom stereocenters. The second kappa shape index (κ2) is 8.24. The van der Waals surface area contributed by atoms with Gasteiger partial charge in [-0.1, -0.05) is 48.6 Å². The zero-order chi connectivity index (χ0) is 19.2. The Bertz CT molecular complexity index is 828. The van der Waals surface area contributed by atoms with E-state index >= 15 is 0 Å². The van der Waals surface area contributed by atoms with Crippen LogP contribution in [0.5, 0.6) is 11.5 Å². The zero-order valence-corrected chi connectivity index (χ0v) is 13.5. The second-order valence-electron chi connectivity index (χ2n) is 5.35. The maximum Gasteiger partial charge on any atom is 0.417 e. The maximum absolute atomic E-state index is 13.0. The first-order chi connectivity index (χ1) is 12.3. The van der Waals surface area contributed by atoms with Crippen LogP contribution >= 0.6 is 0 Å². The van der Waals surface area contributed by atoms with Crippen LogP contribution in [0.3, 0.4) is 0 Å². The monoisotopic (exact) mass is 363 g/mol. The van der Waals surface area contributed by atoms with Crippen molar-refractivity contribution < 1.29 is 28.2 Å². The molecule has 7 heteroatoms. The third-order valence-corrected chi connectivity index (χ3v) is 3.40. The fourth-order valence-corrected chi connectivity index (χ4v) is 2.12. The smallest absolute Gasteiger partial charge is 0.417 e. The third-order valence-electron chi connectivity index (χ3n) is 3.40. The molecule has 3 N–H and O–H groups in total. The fraction of sp³-hybridized carbons (Fsp3) is 0.105. The van der Waals surface area contributed by atoms with Crippen LogP contribution < -0.4 is 5.32 Å². The van der Waals surface area contributed by atoms with Crippen LogP contribution in [0.1, 0.15) is 16.7 Å². The van der Waals surface area contributed by atoms with Crippen LogP contribution in [0.2, 0.25) is 0 Å². The molecule has 0 aliphatic rings. The van der Waals surface area contributed by atoms with E-state index in [1.165, 1.54) is 18.2 Å². The normalized spacial score (nSPS) is 12.0. The largest absolute Gasteiger partial charge is 0.504 e. The van der Waals surface area contributed by atoms with Crippen molar-refractivity contribution in [2.75, 3.05) is 0 Å². The van der Waals surface area contributed by atoms with Gasteiger partial charge in [0.25, 0.3) is 0 Å². The summed E-state index contributed by atoms with van der Waals surface area (Å²) in [7, 11) is 0. The number of allylic oxidation sites excluding steroid dienone is 2. The number of carbonyl (C=O) groups excluding carboxylic acids is 1. The Balaban J connectivity index is 2.02. The zero-order valence-electron chi connectivity index (χ0n) is 13.5. The number of alkyl halides is 3. The molecule has 0 heterocycles. The number of benzene rings is 2. The molecule has 0 saturated heterocycles. The first-order valence-electron chi connectivity index (χ1n) is 7.57. The highest BCUT2D eigenvalue weighted by Gasteiger charge is 2.33. The number of nitrogens with one attached hydrogen (secondary N) is 1. The summed E-state index contributed by atoms with van der Waals surface area (Å²) in [5.41, 5.74) is -0.507. The summed E-state index contributed by atoms with van der Waals surface area (Å²) in [6, 6.07) is 10.5. The molecule has 0 aromatic heterocycles. The lowest BCUT2D eigenvalue weighted by atomic mass is 10.1. The van der Waals surface area contributed by atoms with Crippen molar-refractivity contribution in [2.24, 2.45) is 0 Å². The van der Waals surface area contributed by atoms with Crippen molar-refractivity contribution in [1.29, 1.82) is 0 Å². The lowest BCUT2D eigenvalue weighted by Gasteiger charge is -2.11. The van der Waals surface area contributed by atoms with Crippen molar-refractivity contribution >= 4 is 12.0 Å². The molecule has 0 aliphatic heterocycles. The van der Waals surface area contributed by atoms with Gasteiger partial charge in [0.2, 0.25) is 5.91 Å². The Hall–Kier alpha value is -3.22. The lowest BCUT2D eigenvalue weighted by molar-refractivity contribution is -0.137. The molecule has 0 bridgehead atoms. The van der Waals surface area contributed by atoms with Gasteiger partial charge in [-0.15, -0.1) is 0 Å². The third kappa shape index (κ3) is 5.41. The van der Waals surface area contributed by atoms with Crippen LogP contribution in [0.25, 0.3) is 6.08 Å². The highest BCUT2D eigenvalue weighted by molar-refractivity contribution is 5.87. The Morgan fingerprint density at radius 3 is 2.35 bits per heavy atom. The minimum absolute atomic E-state index is 0.331. The number of phenols is 2. The van der Waals surface area contributed by atoms with Crippen LogP contribution in [0.4, 0.5) is 13.2 Å². The van der Waals surface area contributed by atoms with Gasteiger partial charge in [-0.2, -0.15) is 13.2 Å². The molecule has 26 heavy (non-hydrogen) atoms. The summed E-state index contributed by atoms with van der Waals surface area (Å²) >= 11 is 0. The Morgan fingerprint density at radius 1 is 1.04 bits per heavy atom. The average Bonchev–Trinajstić information content (AvgIpc) is 2.59. The summed E-state index contributed by atoms with van der Waals surface area (Å²) in [4.78, 5) is 11.7. The van der Waals surface area contributed by atoms with Gasteiger partial charge in [0.15, 0.2) is 11.5 Å². The van der Waals surface area contributed by atoms with Crippen molar-refractivity contribution in [2.45, 2.75) is 12.7 Å². The molecule has 2 aromatic carbocycles. The summed E-state index contributed by atoms with van der Waals surface area (Å²) < 4.78 is 38.9. The molecule has 0 atom stereocenters. The molecule has 2 aromatic rings. The van der Waals surface area contributed by atoms with Crippen molar-refractivity contribution in [3.63, 3.8) is 0 Å². The van der Waals surface area contributed by atoms with E-state index in [0.717, 1.165) is 17.7 Å². The number of aromatic hydroxyl groups is 2. The second-order valence-corrected chi connectivity index (χ2v) is 5.35. The molecule has 0 radical (unpaired) electrons. The minimum Gasteiger partial charge on any atom is -0.504 e. The first-order valence-corrected chi connectivity index (χ1v) is 7.57. The summed E-state index contributed by atoms with van der Waals surface area (Å²) in [6.45, 7) is 0.331. The van der Waals surface area contributed by atoms with Crippen LogP contribution in [0.15, 0.2) is 60.7 Å². The molecule has 4 nitrogen and oxygen atoms in total. The Labute approximate surface area is 147 Å². The van der Waals surface area contributed by atoms with E-state index < -0.39 is 29.1 Å². The van der Waals surface area contributed by atoms with Crippen LogP contribution in [-0.4, -0.2) is 16.1 Å². The van der Waals surface area contributed by atoms with E-state index in [0.29, 0.717) is 12.6 Å². The molecule has 0 spiro atoms. The topological polar surface area (TPSA) is 69.6 Å². The quantitative estimate of drug-likeness (QED) is 0.427. The van der Waals surface area contributed by atoms with Gasteiger partial charge < -0.3 is 15.5 Å². The van der Waals surface area contributed by atoms with E-state index in [4.69, 9.17) is 0 Å². The summed E-state index contributed by atoms with van der Waals surface area (Å²) in [5.74, 6) is -1.92. The van der Waals surface area contributed by atoms with Crippen molar-refractivity contribution in [1.82, 2.24) is 5.32 Å². The lowest BCUT2D eigenvalue weighted by Crippen LogP contribution is -2.20. The number of phenolic OH excluding ortho intramolecular Hbond substituents is 2. The number of halogens is 3. The van der Waals surface area contributed by atoms with Gasteiger partial charge in [-0.25, -0.2) is 0 Å². The molecule has 136 valence electrons. The van der Waals surface area contributed by atoms with E-state index in [2.05, 4.69) is 5.32 Å². The maximum atomic E-state index is 13.0. The van der Waals surface area contributed by atoms with Gasteiger partial charge in [0, 0.05) is 12.6 Å². The minimum atomic E-state index is -4.69. The number of hydrogen-bond donors (Lipinski definition) is 3. The first kappa shape index (κ1) is 19.1. The summed E-state index contributed by atoms with van der Waals surface area (Å²) in [6.07, 6.45) is 0.0884. The van der Waals surface area contributed by atoms with Crippen LogP contribution in [-0.2, 0) is 17.5 Å². The van der Waals surface area contributed by atoms with Gasteiger partial charge in [0.05, 0.1) is 5.56 Å². The number of amides is 1. The number of hydrogen-bond acceptors (Lipinski definition) is 3. The predicted molar refractivity (Wildman–Crippen MR) is 91.2 cm³/mol.